The van der Waals surface area contributed by atoms with E-state index in [1.807, 2.05) is 0 Å². The van der Waals surface area contributed by atoms with Crippen molar-refractivity contribution >= 4 is 23.0 Å². The molecule has 0 aromatic heterocycles. The Balaban J connectivity index is 1.37. The first-order chi connectivity index (χ1) is 13.1. The maximum atomic E-state index is 5.67. The van der Waals surface area contributed by atoms with Gasteiger partial charge in [0.25, 0.3) is 0 Å². The Hall–Kier alpha value is -1.13. The number of aryl methyl sites for hydroxylation is 2. The summed E-state index contributed by atoms with van der Waals surface area (Å²) in [5, 5.41) is 7.89. The summed E-state index contributed by atoms with van der Waals surface area (Å²) in [5.74, 6) is 0. The maximum absolute atomic E-state index is 5.67. The second kappa shape index (κ2) is 8.48. The highest BCUT2D eigenvalue weighted by molar-refractivity contribution is 7.80. The van der Waals surface area contributed by atoms with Crippen molar-refractivity contribution in [1.29, 1.82) is 0 Å². The SMILES string of the molecule is Cc1ccc(C)c(NC(=S)NC2C[C@H]3CCC[C@H](C2)N3C2CCCCC2)c1. The van der Waals surface area contributed by atoms with Gasteiger partial charge in [-0.2, -0.15) is 0 Å². The molecule has 1 aliphatic carbocycles. The van der Waals surface area contributed by atoms with Gasteiger partial charge >= 0.3 is 0 Å². The molecule has 3 fully saturated rings. The number of piperidine rings is 2. The van der Waals surface area contributed by atoms with E-state index in [-0.39, 0.29) is 0 Å². The van der Waals surface area contributed by atoms with E-state index in [4.69, 9.17) is 12.2 Å². The van der Waals surface area contributed by atoms with Gasteiger partial charge in [0.15, 0.2) is 5.11 Å². The van der Waals surface area contributed by atoms with E-state index in [1.165, 1.54) is 75.3 Å². The van der Waals surface area contributed by atoms with E-state index < -0.39 is 0 Å². The monoisotopic (exact) mass is 385 g/mol. The molecule has 2 heterocycles. The maximum Gasteiger partial charge on any atom is 0.171 e. The third-order valence-corrected chi connectivity index (χ3v) is 7.22. The largest absolute Gasteiger partial charge is 0.360 e. The number of hydrogen-bond acceptors (Lipinski definition) is 2. The molecule has 0 unspecified atom stereocenters. The van der Waals surface area contributed by atoms with Crippen LogP contribution in [0, 0.1) is 13.8 Å². The lowest BCUT2D eigenvalue weighted by atomic mass is 9.78. The molecule has 1 saturated carbocycles. The molecule has 2 atom stereocenters. The minimum atomic E-state index is 0.519. The van der Waals surface area contributed by atoms with Crippen molar-refractivity contribution in [2.24, 2.45) is 0 Å². The Kier molecular flexibility index (Phi) is 6.03. The van der Waals surface area contributed by atoms with Crippen LogP contribution in [-0.2, 0) is 0 Å². The van der Waals surface area contributed by atoms with Crippen LogP contribution in [0.3, 0.4) is 0 Å². The molecule has 3 aliphatic rings. The first-order valence-corrected chi connectivity index (χ1v) is 11.4. The van der Waals surface area contributed by atoms with E-state index in [9.17, 15) is 0 Å². The Morgan fingerprint density at radius 3 is 2.30 bits per heavy atom. The van der Waals surface area contributed by atoms with E-state index >= 15 is 0 Å². The zero-order valence-corrected chi connectivity index (χ0v) is 17.8. The molecule has 4 heteroatoms. The van der Waals surface area contributed by atoms with E-state index in [0.717, 1.165) is 28.9 Å². The van der Waals surface area contributed by atoms with Gasteiger partial charge in [0, 0.05) is 29.9 Å². The molecule has 0 spiro atoms. The van der Waals surface area contributed by atoms with E-state index in [2.05, 4.69) is 47.6 Å². The molecule has 0 amide bonds. The molecule has 1 aromatic carbocycles. The highest BCUT2D eigenvalue weighted by Gasteiger charge is 2.41. The molecule has 27 heavy (non-hydrogen) atoms. The summed E-state index contributed by atoms with van der Waals surface area (Å²) in [5.41, 5.74) is 3.64. The lowest BCUT2D eigenvalue weighted by Crippen LogP contribution is -2.60. The number of benzene rings is 1. The van der Waals surface area contributed by atoms with Crippen LogP contribution in [0.15, 0.2) is 18.2 Å². The number of thiocarbonyl (C=S) groups is 1. The third-order valence-electron chi connectivity index (χ3n) is 7.00. The van der Waals surface area contributed by atoms with E-state index in [0.29, 0.717) is 6.04 Å². The van der Waals surface area contributed by atoms with Crippen molar-refractivity contribution in [1.82, 2.24) is 10.2 Å². The summed E-state index contributed by atoms with van der Waals surface area (Å²) in [6.07, 6.45) is 13.8. The van der Waals surface area contributed by atoms with Crippen LogP contribution in [0.4, 0.5) is 5.69 Å². The van der Waals surface area contributed by atoms with Crippen molar-refractivity contribution in [2.75, 3.05) is 5.32 Å². The van der Waals surface area contributed by atoms with Gasteiger partial charge < -0.3 is 10.6 Å². The van der Waals surface area contributed by atoms with Crippen molar-refractivity contribution < 1.29 is 0 Å². The number of rotatable bonds is 3. The molecule has 2 N–H and O–H groups in total. The Labute approximate surface area is 170 Å². The quantitative estimate of drug-likeness (QED) is 0.690. The van der Waals surface area contributed by atoms with Crippen LogP contribution in [0.2, 0.25) is 0 Å². The fourth-order valence-electron chi connectivity index (χ4n) is 5.73. The lowest BCUT2D eigenvalue weighted by Gasteiger charge is -2.53. The molecule has 2 aliphatic heterocycles. The molecule has 4 rings (SSSR count). The molecule has 0 radical (unpaired) electrons. The van der Waals surface area contributed by atoms with Crippen LogP contribution >= 0.6 is 12.2 Å². The fourth-order valence-corrected chi connectivity index (χ4v) is 6.00. The summed E-state index contributed by atoms with van der Waals surface area (Å²) in [6, 6.07) is 9.40. The van der Waals surface area contributed by atoms with Gasteiger partial charge in [-0.1, -0.05) is 37.8 Å². The fraction of sp³-hybridized carbons (Fsp3) is 0.696. The zero-order chi connectivity index (χ0) is 18.8. The molecule has 3 nitrogen and oxygen atoms in total. The number of fused-ring (bicyclic) bond motifs is 2. The molecule has 2 bridgehead atoms. The average molecular weight is 386 g/mol. The van der Waals surface area contributed by atoms with Gasteiger partial charge in [-0.3, -0.25) is 4.90 Å². The summed E-state index contributed by atoms with van der Waals surface area (Å²) < 4.78 is 0. The number of nitrogens with zero attached hydrogens (tertiary/aromatic N) is 1. The normalized spacial score (nSPS) is 29.3. The number of hydrogen-bond donors (Lipinski definition) is 2. The first kappa shape index (κ1) is 19.2. The van der Waals surface area contributed by atoms with Crippen molar-refractivity contribution in [2.45, 2.75) is 102 Å². The van der Waals surface area contributed by atoms with Gasteiger partial charge in [0.2, 0.25) is 0 Å². The lowest BCUT2D eigenvalue weighted by molar-refractivity contribution is -0.0195. The molecule has 148 valence electrons. The predicted molar refractivity (Wildman–Crippen MR) is 118 cm³/mol. The highest BCUT2D eigenvalue weighted by atomic mass is 32.1. The first-order valence-electron chi connectivity index (χ1n) is 11.0. The highest BCUT2D eigenvalue weighted by Crippen LogP contribution is 2.39. The van der Waals surface area contributed by atoms with Crippen LogP contribution in [-0.4, -0.2) is 34.2 Å². The minimum absolute atomic E-state index is 0.519. The second-order valence-electron chi connectivity index (χ2n) is 9.06. The van der Waals surface area contributed by atoms with Crippen molar-refractivity contribution in [3.05, 3.63) is 29.3 Å². The summed E-state index contributed by atoms with van der Waals surface area (Å²) in [4.78, 5) is 2.95. The van der Waals surface area contributed by atoms with Crippen LogP contribution < -0.4 is 10.6 Å². The summed E-state index contributed by atoms with van der Waals surface area (Å²) >= 11 is 5.67. The van der Waals surface area contributed by atoms with E-state index in [1.54, 1.807) is 0 Å². The van der Waals surface area contributed by atoms with Gasteiger partial charge in [-0.05, 0) is 81.8 Å². The minimum Gasteiger partial charge on any atom is -0.360 e. The average Bonchev–Trinajstić information content (AvgIpc) is 2.64. The molecule has 1 aromatic rings. The predicted octanol–water partition coefficient (Wildman–Crippen LogP) is 5.31. The Bertz CT molecular complexity index is 654. The van der Waals surface area contributed by atoms with Gasteiger partial charge in [-0.15, -0.1) is 0 Å². The summed E-state index contributed by atoms with van der Waals surface area (Å²) in [7, 11) is 0. The Morgan fingerprint density at radius 2 is 1.59 bits per heavy atom. The summed E-state index contributed by atoms with van der Waals surface area (Å²) in [6.45, 7) is 4.26. The van der Waals surface area contributed by atoms with Gasteiger partial charge in [0.1, 0.15) is 0 Å². The standard InChI is InChI=1S/C23H35N3S/c1-16-11-12-17(2)22(13-16)25-23(27)24-18-14-20-9-6-10-21(15-18)26(20)19-7-4-3-5-8-19/h11-13,18-21H,3-10,14-15H2,1-2H3,(H2,24,25,27)/t20-,21-/m1/s1. The molecule has 2 saturated heterocycles. The van der Waals surface area contributed by atoms with Crippen LogP contribution in [0.5, 0.6) is 0 Å². The molecular weight excluding hydrogens is 350 g/mol. The van der Waals surface area contributed by atoms with Crippen LogP contribution in [0.25, 0.3) is 0 Å². The zero-order valence-electron chi connectivity index (χ0n) is 17.0. The molecular formula is C23H35N3S. The van der Waals surface area contributed by atoms with Crippen molar-refractivity contribution in [3.8, 4) is 0 Å². The smallest absolute Gasteiger partial charge is 0.171 e. The topological polar surface area (TPSA) is 27.3 Å². The number of anilines is 1. The van der Waals surface area contributed by atoms with Gasteiger partial charge in [-0.25, -0.2) is 0 Å². The van der Waals surface area contributed by atoms with Gasteiger partial charge in [0.05, 0.1) is 0 Å². The van der Waals surface area contributed by atoms with Crippen molar-refractivity contribution in [3.63, 3.8) is 0 Å². The Morgan fingerprint density at radius 1 is 0.926 bits per heavy atom. The van der Waals surface area contributed by atoms with Crippen LogP contribution in [0.1, 0.15) is 75.3 Å². The second-order valence-corrected chi connectivity index (χ2v) is 9.47. The third kappa shape index (κ3) is 4.48. The number of nitrogens with one attached hydrogen (secondary N) is 2.